The van der Waals surface area contributed by atoms with Crippen molar-refractivity contribution in [1.29, 1.82) is 0 Å². The predicted octanol–water partition coefficient (Wildman–Crippen LogP) is 0.792. The summed E-state index contributed by atoms with van der Waals surface area (Å²) in [5.74, 6) is 2.32. The van der Waals surface area contributed by atoms with Crippen LogP contribution < -0.4 is 4.90 Å². The lowest BCUT2D eigenvalue weighted by Gasteiger charge is -2.29. The summed E-state index contributed by atoms with van der Waals surface area (Å²) < 4.78 is 5.19. The summed E-state index contributed by atoms with van der Waals surface area (Å²) in [6.45, 7) is 4.25. The van der Waals surface area contributed by atoms with Crippen molar-refractivity contribution in [2.45, 2.75) is 26.4 Å². The molecule has 3 rings (SSSR count). The van der Waals surface area contributed by atoms with Crippen LogP contribution in [0.5, 0.6) is 0 Å². The first-order valence-corrected chi connectivity index (χ1v) is 6.65. The maximum atomic E-state index is 5.19. The van der Waals surface area contributed by atoms with Gasteiger partial charge in [-0.1, -0.05) is 5.16 Å². The van der Waals surface area contributed by atoms with Crippen LogP contribution in [0.15, 0.2) is 10.9 Å². The average Bonchev–Trinajstić information content (AvgIpc) is 2.83. The van der Waals surface area contributed by atoms with Gasteiger partial charge < -0.3 is 9.42 Å². The Hall–Kier alpha value is -2.02. The zero-order chi connectivity index (χ0) is 14.1. The molecule has 3 heterocycles. The maximum Gasteiger partial charge on any atom is 0.240 e. The van der Waals surface area contributed by atoms with E-state index in [0.717, 1.165) is 31.0 Å². The molecule has 0 aromatic carbocycles. The van der Waals surface area contributed by atoms with Crippen LogP contribution in [0.3, 0.4) is 0 Å². The van der Waals surface area contributed by atoms with Crippen LogP contribution in [-0.4, -0.2) is 45.6 Å². The quantitative estimate of drug-likeness (QED) is 0.819. The molecular weight excluding hydrogens is 256 g/mol. The van der Waals surface area contributed by atoms with Gasteiger partial charge in [0, 0.05) is 39.2 Å². The Morgan fingerprint density at radius 2 is 2.20 bits per heavy atom. The van der Waals surface area contributed by atoms with Crippen LogP contribution >= 0.6 is 0 Å². The van der Waals surface area contributed by atoms with Crippen LogP contribution in [0, 0.1) is 6.92 Å². The van der Waals surface area contributed by atoms with Gasteiger partial charge in [-0.15, -0.1) is 0 Å². The molecule has 0 spiro atoms. The van der Waals surface area contributed by atoms with E-state index >= 15 is 0 Å². The summed E-state index contributed by atoms with van der Waals surface area (Å²) in [5, 5.41) is 3.83. The van der Waals surface area contributed by atoms with E-state index in [1.807, 2.05) is 25.9 Å². The smallest absolute Gasteiger partial charge is 0.240 e. The zero-order valence-electron chi connectivity index (χ0n) is 12.0. The van der Waals surface area contributed by atoms with Crippen molar-refractivity contribution in [1.82, 2.24) is 25.0 Å². The first kappa shape index (κ1) is 13.0. The highest BCUT2D eigenvalue weighted by molar-refractivity contribution is 5.48. The fourth-order valence-electron chi connectivity index (χ4n) is 2.50. The van der Waals surface area contributed by atoms with E-state index in [2.05, 4.69) is 25.0 Å². The minimum absolute atomic E-state index is 0.661. The third kappa shape index (κ3) is 2.49. The average molecular weight is 274 g/mol. The lowest BCUT2D eigenvalue weighted by Crippen LogP contribution is -2.32. The van der Waals surface area contributed by atoms with Gasteiger partial charge >= 0.3 is 0 Å². The second kappa shape index (κ2) is 5.16. The van der Waals surface area contributed by atoms with Crippen molar-refractivity contribution in [2.24, 2.45) is 0 Å². The molecule has 0 radical (unpaired) electrons. The molecule has 20 heavy (non-hydrogen) atoms. The Labute approximate surface area is 117 Å². The highest BCUT2D eigenvalue weighted by atomic mass is 16.5. The molecule has 2 aromatic rings. The first-order chi connectivity index (χ1) is 9.63. The molecular formula is C13H18N6O. The molecule has 1 aliphatic heterocycles. The normalized spacial score (nSPS) is 15.2. The van der Waals surface area contributed by atoms with Crippen molar-refractivity contribution in [2.75, 3.05) is 25.5 Å². The van der Waals surface area contributed by atoms with E-state index < -0.39 is 0 Å². The largest absolute Gasteiger partial charge is 0.362 e. The standard InChI is InChI=1S/C13H18N6O/c1-9-16-12(20-17-9)7-19-5-4-11-10(6-19)13(18(2)3)15-8-14-11/h8H,4-7H2,1-3H3. The minimum Gasteiger partial charge on any atom is -0.362 e. The van der Waals surface area contributed by atoms with Gasteiger partial charge in [-0.3, -0.25) is 4.90 Å². The summed E-state index contributed by atoms with van der Waals surface area (Å²) in [4.78, 5) is 17.3. The van der Waals surface area contributed by atoms with Gasteiger partial charge in [0.1, 0.15) is 12.1 Å². The molecule has 0 N–H and O–H groups in total. The zero-order valence-corrected chi connectivity index (χ0v) is 12.0. The van der Waals surface area contributed by atoms with Gasteiger partial charge in [0.25, 0.3) is 0 Å². The lowest BCUT2D eigenvalue weighted by atomic mass is 10.1. The van der Waals surface area contributed by atoms with Gasteiger partial charge in [-0.05, 0) is 6.92 Å². The van der Waals surface area contributed by atoms with Crippen LogP contribution in [0.4, 0.5) is 5.82 Å². The summed E-state index contributed by atoms with van der Waals surface area (Å²) >= 11 is 0. The van der Waals surface area contributed by atoms with E-state index in [1.54, 1.807) is 6.33 Å². The molecule has 0 unspecified atom stereocenters. The third-order valence-electron chi connectivity index (χ3n) is 3.41. The number of hydrogen-bond acceptors (Lipinski definition) is 7. The highest BCUT2D eigenvalue weighted by Crippen LogP contribution is 2.25. The third-order valence-corrected chi connectivity index (χ3v) is 3.41. The van der Waals surface area contributed by atoms with E-state index in [-0.39, 0.29) is 0 Å². The SMILES string of the molecule is Cc1noc(CN2CCc3ncnc(N(C)C)c3C2)n1. The fraction of sp³-hybridized carbons (Fsp3) is 0.538. The molecule has 0 saturated heterocycles. The molecule has 1 aliphatic rings. The van der Waals surface area contributed by atoms with Crippen molar-refractivity contribution in [3.05, 3.63) is 29.3 Å². The number of anilines is 1. The van der Waals surface area contributed by atoms with Crippen molar-refractivity contribution in [3.8, 4) is 0 Å². The fourth-order valence-corrected chi connectivity index (χ4v) is 2.50. The van der Waals surface area contributed by atoms with Gasteiger partial charge in [-0.25, -0.2) is 9.97 Å². The Balaban J connectivity index is 1.80. The van der Waals surface area contributed by atoms with Crippen LogP contribution in [0.25, 0.3) is 0 Å². The summed E-state index contributed by atoms with van der Waals surface area (Å²) in [6, 6.07) is 0. The Bertz CT molecular complexity index is 609. The van der Waals surface area contributed by atoms with Crippen LogP contribution in [0.2, 0.25) is 0 Å². The number of aromatic nitrogens is 4. The molecule has 0 atom stereocenters. The number of nitrogens with zero attached hydrogens (tertiary/aromatic N) is 6. The van der Waals surface area contributed by atoms with Crippen molar-refractivity contribution < 1.29 is 4.52 Å². The molecule has 0 amide bonds. The minimum atomic E-state index is 0.661. The van der Waals surface area contributed by atoms with Crippen LogP contribution in [-0.2, 0) is 19.5 Å². The van der Waals surface area contributed by atoms with Gasteiger partial charge in [0.05, 0.1) is 12.2 Å². The molecule has 0 bridgehead atoms. The number of fused-ring (bicyclic) bond motifs is 1. The lowest BCUT2D eigenvalue weighted by molar-refractivity contribution is 0.209. The Kier molecular flexibility index (Phi) is 3.35. The molecule has 0 aliphatic carbocycles. The monoisotopic (exact) mass is 274 g/mol. The Morgan fingerprint density at radius 1 is 1.35 bits per heavy atom. The maximum absolute atomic E-state index is 5.19. The topological polar surface area (TPSA) is 71.2 Å². The number of aryl methyl sites for hydroxylation is 1. The summed E-state index contributed by atoms with van der Waals surface area (Å²) in [6.07, 6.45) is 2.57. The molecule has 7 heteroatoms. The van der Waals surface area contributed by atoms with E-state index in [0.29, 0.717) is 18.3 Å². The Morgan fingerprint density at radius 3 is 2.90 bits per heavy atom. The second-order valence-electron chi connectivity index (χ2n) is 5.21. The molecule has 2 aromatic heterocycles. The van der Waals surface area contributed by atoms with Gasteiger partial charge in [-0.2, -0.15) is 4.98 Å². The predicted molar refractivity (Wildman–Crippen MR) is 73.2 cm³/mol. The van der Waals surface area contributed by atoms with E-state index in [1.165, 1.54) is 5.56 Å². The molecule has 106 valence electrons. The van der Waals surface area contributed by atoms with E-state index in [4.69, 9.17) is 4.52 Å². The molecule has 7 nitrogen and oxygen atoms in total. The highest BCUT2D eigenvalue weighted by Gasteiger charge is 2.23. The van der Waals surface area contributed by atoms with Crippen molar-refractivity contribution in [3.63, 3.8) is 0 Å². The summed E-state index contributed by atoms with van der Waals surface area (Å²) in [7, 11) is 4.01. The summed E-state index contributed by atoms with van der Waals surface area (Å²) in [5.41, 5.74) is 2.33. The first-order valence-electron chi connectivity index (χ1n) is 6.65. The van der Waals surface area contributed by atoms with Crippen molar-refractivity contribution >= 4 is 5.82 Å². The molecule has 0 fully saturated rings. The molecule has 0 saturated carbocycles. The van der Waals surface area contributed by atoms with Gasteiger partial charge in [0.2, 0.25) is 5.89 Å². The van der Waals surface area contributed by atoms with E-state index in [9.17, 15) is 0 Å². The number of rotatable bonds is 3. The van der Waals surface area contributed by atoms with Crippen LogP contribution in [0.1, 0.15) is 23.0 Å². The second-order valence-corrected chi connectivity index (χ2v) is 5.21. The number of hydrogen-bond donors (Lipinski definition) is 0. The van der Waals surface area contributed by atoms with Gasteiger partial charge in [0.15, 0.2) is 5.82 Å².